The first kappa shape index (κ1) is 15.4. The Labute approximate surface area is 123 Å². The Morgan fingerprint density at radius 3 is 2.60 bits per heavy atom. The zero-order chi connectivity index (χ0) is 14.8. The number of amides is 1. The third kappa shape index (κ3) is 3.55. The van der Waals surface area contributed by atoms with E-state index >= 15 is 0 Å². The van der Waals surface area contributed by atoms with Crippen molar-refractivity contribution in [3.63, 3.8) is 0 Å². The van der Waals surface area contributed by atoms with E-state index in [0.717, 1.165) is 42.9 Å². The molecule has 5 nitrogen and oxygen atoms in total. The highest BCUT2D eigenvalue weighted by atomic mass is 32.1. The van der Waals surface area contributed by atoms with Crippen LogP contribution in [0.25, 0.3) is 0 Å². The standard InChI is InChI=1S/C14H23N3O2S/c1-4-10-11(20-17-16-10)12(18)15-9-14(19)7-5-13(2,3)6-8-14/h19H,4-9H2,1-3H3,(H,15,18). The molecule has 0 radical (unpaired) electrons. The van der Waals surface area contributed by atoms with Crippen molar-refractivity contribution in [3.05, 3.63) is 10.6 Å². The summed E-state index contributed by atoms with van der Waals surface area (Å²) in [6, 6.07) is 0. The maximum absolute atomic E-state index is 12.1. The van der Waals surface area contributed by atoms with Crippen LogP contribution < -0.4 is 5.32 Å². The van der Waals surface area contributed by atoms with Gasteiger partial charge in [0.05, 0.1) is 11.3 Å². The molecule has 112 valence electrons. The molecule has 1 heterocycles. The van der Waals surface area contributed by atoms with E-state index in [4.69, 9.17) is 0 Å². The second-order valence-electron chi connectivity index (χ2n) is 6.47. The minimum atomic E-state index is -0.768. The smallest absolute Gasteiger partial charge is 0.265 e. The molecule has 0 aliphatic heterocycles. The summed E-state index contributed by atoms with van der Waals surface area (Å²) >= 11 is 1.11. The average molecular weight is 297 g/mol. The van der Waals surface area contributed by atoms with E-state index in [1.165, 1.54) is 0 Å². The van der Waals surface area contributed by atoms with Crippen LogP contribution in [0.2, 0.25) is 0 Å². The van der Waals surface area contributed by atoms with Crippen LogP contribution >= 0.6 is 11.5 Å². The lowest BCUT2D eigenvalue weighted by atomic mass is 9.71. The molecule has 0 aromatic carbocycles. The van der Waals surface area contributed by atoms with E-state index in [1.54, 1.807) is 0 Å². The highest BCUT2D eigenvalue weighted by Gasteiger charge is 2.37. The number of carbonyl (C=O) groups is 1. The minimum absolute atomic E-state index is 0.171. The summed E-state index contributed by atoms with van der Waals surface area (Å²) in [7, 11) is 0. The zero-order valence-corrected chi connectivity index (χ0v) is 13.2. The van der Waals surface area contributed by atoms with Gasteiger partial charge in [0, 0.05) is 6.54 Å². The molecule has 1 aliphatic carbocycles. The molecule has 6 heteroatoms. The van der Waals surface area contributed by atoms with E-state index in [0.29, 0.717) is 23.3 Å². The number of aryl methyl sites for hydroxylation is 1. The first-order valence-corrected chi connectivity index (χ1v) is 7.94. The number of nitrogens with zero attached hydrogens (tertiary/aromatic N) is 2. The van der Waals surface area contributed by atoms with Crippen molar-refractivity contribution in [3.8, 4) is 0 Å². The molecule has 1 aromatic heterocycles. The minimum Gasteiger partial charge on any atom is -0.388 e. The quantitative estimate of drug-likeness (QED) is 0.893. The van der Waals surface area contributed by atoms with Gasteiger partial charge in [0.1, 0.15) is 4.88 Å². The Morgan fingerprint density at radius 1 is 1.35 bits per heavy atom. The van der Waals surface area contributed by atoms with Crippen LogP contribution in [-0.4, -0.2) is 32.7 Å². The van der Waals surface area contributed by atoms with Crippen molar-refractivity contribution in [2.24, 2.45) is 5.41 Å². The van der Waals surface area contributed by atoms with E-state index in [2.05, 4.69) is 28.8 Å². The summed E-state index contributed by atoms with van der Waals surface area (Å²) < 4.78 is 3.81. The molecular weight excluding hydrogens is 274 g/mol. The van der Waals surface area contributed by atoms with Crippen LogP contribution in [-0.2, 0) is 6.42 Å². The molecule has 2 N–H and O–H groups in total. The third-order valence-electron chi connectivity index (χ3n) is 4.21. The second-order valence-corrected chi connectivity index (χ2v) is 7.23. The normalized spacial score (nSPS) is 20.6. The van der Waals surface area contributed by atoms with Crippen LogP contribution in [0.5, 0.6) is 0 Å². The molecule has 0 bridgehead atoms. The van der Waals surface area contributed by atoms with Crippen LogP contribution in [0.4, 0.5) is 0 Å². The van der Waals surface area contributed by atoms with Gasteiger partial charge in [0.25, 0.3) is 5.91 Å². The van der Waals surface area contributed by atoms with Crippen molar-refractivity contribution < 1.29 is 9.90 Å². The number of hydrogen-bond donors (Lipinski definition) is 2. The van der Waals surface area contributed by atoms with E-state index in [1.807, 2.05) is 6.92 Å². The molecule has 1 aliphatic rings. The fraction of sp³-hybridized carbons (Fsp3) is 0.786. The fourth-order valence-electron chi connectivity index (χ4n) is 2.51. The number of rotatable bonds is 4. The van der Waals surface area contributed by atoms with Crippen molar-refractivity contribution in [2.75, 3.05) is 6.54 Å². The van der Waals surface area contributed by atoms with Gasteiger partial charge in [-0.05, 0) is 49.1 Å². The Kier molecular flexibility index (Phi) is 4.44. The molecule has 0 spiro atoms. The monoisotopic (exact) mass is 297 g/mol. The van der Waals surface area contributed by atoms with Gasteiger partial charge in [0.2, 0.25) is 0 Å². The van der Waals surface area contributed by atoms with Gasteiger partial charge in [-0.1, -0.05) is 25.3 Å². The summed E-state index contributed by atoms with van der Waals surface area (Å²) in [5.41, 5.74) is 0.257. The first-order valence-electron chi connectivity index (χ1n) is 7.17. The van der Waals surface area contributed by atoms with Gasteiger partial charge < -0.3 is 10.4 Å². The topological polar surface area (TPSA) is 75.1 Å². The third-order valence-corrected chi connectivity index (χ3v) is 4.98. The highest BCUT2D eigenvalue weighted by Crippen LogP contribution is 2.39. The number of aliphatic hydroxyl groups is 1. The van der Waals surface area contributed by atoms with Crippen molar-refractivity contribution in [1.29, 1.82) is 0 Å². The largest absolute Gasteiger partial charge is 0.388 e. The molecule has 0 atom stereocenters. The molecule has 2 rings (SSSR count). The number of aromatic nitrogens is 2. The van der Waals surface area contributed by atoms with Gasteiger partial charge in [-0.15, -0.1) is 5.10 Å². The summed E-state index contributed by atoms with van der Waals surface area (Å²) in [6.07, 6.45) is 4.14. The maximum Gasteiger partial charge on any atom is 0.265 e. The predicted molar refractivity (Wildman–Crippen MR) is 78.8 cm³/mol. The lowest BCUT2D eigenvalue weighted by Crippen LogP contribution is -2.46. The fourth-order valence-corrected chi connectivity index (χ4v) is 3.17. The number of carbonyl (C=O) groups excluding carboxylic acids is 1. The van der Waals surface area contributed by atoms with Crippen molar-refractivity contribution in [1.82, 2.24) is 14.9 Å². The molecule has 1 fully saturated rings. The summed E-state index contributed by atoms with van der Waals surface area (Å²) in [5, 5.41) is 17.3. The lowest BCUT2D eigenvalue weighted by Gasteiger charge is -2.40. The van der Waals surface area contributed by atoms with Gasteiger partial charge >= 0.3 is 0 Å². The molecular formula is C14H23N3O2S. The second kappa shape index (κ2) is 5.77. The highest BCUT2D eigenvalue weighted by molar-refractivity contribution is 7.08. The molecule has 1 aromatic rings. The van der Waals surface area contributed by atoms with Crippen LogP contribution in [0.15, 0.2) is 0 Å². The van der Waals surface area contributed by atoms with Gasteiger partial charge in [0.15, 0.2) is 0 Å². The van der Waals surface area contributed by atoms with Gasteiger partial charge in [-0.25, -0.2) is 0 Å². The molecule has 0 saturated heterocycles. The van der Waals surface area contributed by atoms with E-state index in [9.17, 15) is 9.90 Å². The molecule has 1 saturated carbocycles. The molecule has 0 unspecified atom stereocenters. The zero-order valence-electron chi connectivity index (χ0n) is 12.4. The van der Waals surface area contributed by atoms with E-state index in [-0.39, 0.29) is 5.91 Å². The average Bonchev–Trinajstić information content (AvgIpc) is 2.89. The summed E-state index contributed by atoms with van der Waals surface area (Å²) in [4.78, 5) is 12.7. The van der Waals surface area contributed by atoms with Crippen LogP contribution in [0.1, 0.15) is 61.8 Å². The van der Waals surface area contributed by atoms with Crippen LogP contribution in [0.3, 0.4) is 0 Å². The lowest BCUT2D eigenvalue weighted by molar-refractivity contribution is -0.0232. The Balaban J connectivity index is 1.91. The maximum atomic E-state index is 12.1. The van der Waals surface area contributed by atoms with E-state index < -0.39 is 5.60 Å². The predicted octanol–water partition coefficient (Wildman–Crippen LogP) is 2.16. The molecule has 1 amide bonds. The SMILES string of the molecule is CCc1nnsc1C(=O)NCC1(O)CCC(C)(C)CC1. The van der Waals surface area contributed by atoms with Crippen LogP contribution in [0, 0.1) is 5.41 Å². The summed E-state index contributed by atoms with van der Waals surface area (Å²) in [6.45, 7) is 6.70. The van der Waals surface area contributed by atoms with Crippen molar-refractivity contribution in [2.45, 2.75) is 58.5 Å². The number of hydrogen-bond acceptors (Lipinski definition) is 5. The summed E-state index contributed by atoms with van der Waals surface area (Å²) in [5.74, 6) is -0.171. The Morgan fingerprint density at radius 2 is 2.00 bits per heavy atom. The molecule has 20 heavy (non-hydrogen) atoms. The Bertz CT molecular complexity index is 475. The van der Waals surface area contributed by atoms with Gasteiger partial charge in [-0.3, -0.25) is 4.79 Å². The first-order chi connectivity index (χ1) is 9.35. The van der Waals surface area contributed by atoms with Gasteiger partial charge in [-0.2, -0.15) is 0 Å². The Hall–Kier alpha value is -1.01. The van der Waals surface area contributed by atoms with Crippen molar-refractivity contribution >= 4 is 17.4 Å². The number of nitrogens with one attached hydrogen (secondary N) is 1.